The van der Waals surface area contributed by atoms with E-state index in [2.05, 4.69) is 15.4 Å². The summed E-state index contributed by atoms with van der Waals surface area (Å²) in [4.78, 5) is 14.0. The zero-order chi connectivity index (χ0) is 13.9. The fourth-order valence-corrected chi connectivity index (χ4v) is 2.34. The third-order valence-corrected chi connectivity index (χ3v) is 3.40. The van der Waals surface area contributed by atoms with Crippen LogP contribution in [-0.2, 0) is 0 Å². The van der Waals surface area contributed by atoms with Crippen molar-refractivity contribution in [2.45, 2.75) is 19.4 Å². The van der Waals surface area contributed by atoms with Crippen molar-refractivity contribution in [1.29, 1.82) is 0 Å². The van der Waals surface area contributed by atoms with Crippen molar-refractivity contribution < 1.29 is 9.53 Å². The summed E-state index contributed by atoms with van der Waals surface area (Å²) in [6.45, 7) is 3.04. The largest absolute Gasteiger partial charge is 0.489 e. The zero-order valence-electron chi connectivity index (χ0n) is 11.2. The Morgan fingerprint density at radius 3 is 2.85 bits per heavy atom. The predicted molar refractivity (Wildman–Crippen MR) is 72.5 cm³/mol. The maximum atomic E-state index is 12.3. The fourth-order valence-electron chi connectivity index (χ4n) is 2.34. The standard InChI is InChI=1S/C14H16N4O2/c1-10-13(16-17-15-10)14(19)18-8-7-12(9-18)20-11-5-3-2-4-6-11/h2-6,12H,7-9H2,1H3,(H,15,16,17). The molecule has 20 heavy (non-hydrogen) atoms. The number of hydrogen-bond donors (Lipinski definition) is 1. The molecule has 1 aromatic heterocycles. The van der Waals surface area contributed by atoms with Crippen molar-refractivity contribution in [3.8, 4) is 5.75 Å². The Balaban J connectivity index is 1.62. The third-order valence-electron chi connectivity index (χ3n) is 3.40. The van der Waals surface area contributed by atoms with Crippen LogP contribution in [0.1, 0.15) is 22.6 Å². The van der Waals surface area contributed by atoms with Gasteiger partial charge in [0.1, 0.15) is 11.9 Å². The second kappa shape index (κ2) is 5.32. The Kier molecular flexibility index (Phi) is 3.37. The molecule has 2 aromatic rings. The van der Waals surface area contributed by atoms with Crippen LogP contribution in [-0.4, -0.2) is 45.4 Å². The number of H-pyrrole nitrogens is 1. The molecule has 104 valence electrons. The van der Waals surface area contributed by atoms with Crippen molar-refractivity contribution in [3.05, 3.63) is 41.7 Å². The lowest BCUT2D eigenvalue weighted by molar-refractivity contribution is 0.0766. The molecule has 0 bridgehead atoms. The SMILES string of the molecule is Cc1n[nH]nc1C(=O)N1CCC(Oc2ccccc2)C1. The Labute approximate surface area is 116 Å². The number of aromatic nitrogens is 3. The average molecular weight is 272 g/mol. The van der Waals surface area contributed by atoms with Crippen molar-refractivity contribution in [3.63, 3.8) is 0 Å². The number of likely N-dealkylation sites (tertiary alicyclic amines) is 1. The molecule has 1 atom stereocenters. The van der Waals surface area contributed by atoms with Gasteiger partial charge in [0, 0.05) is 13.0 Å². The van der Waals surface area contributed by atoms with Crippen LogP contribution in [0.15, 0.2) is 30.3 Å². The number of hydrogen-bond acceptors (Lipinski definition) is 4. The monoisotopic (exact) mass is 272 g/mol. The molecule has 1 unspecified atom stereocenters. The molecule has 1 aliphatic rings. The molecule has 0 spiro atoms. The molecule has 1 aliphatic heterocycles. The highest BCUT2D eigenvalue weighted by Gasteiger charge is 2.30. The summed E-state index contributed by atoms with van der Waals surface area (Å²) < 4.78 is 5.87. The number of amides is 1. The summed E-state index contributed by atoms with van der Waals surface area (Å²) in [6, 6.07) is 9.67. The van der Waals surface area contributed by atoms with Crippen LogP contribution in [0.4, 0.5) is 0 Å². The first kappa shape index (κ1) is 12.7. The minimum Gasteiger partial charge on any atom is -0.489 e. The topological polar surface area (TPSA) is 71.1 Å². The number of aryl methyl sites for hydroxylation is 1. The molecule has 6 nitrogen and oxygen atoms in total. The maximum absolute atomic E-state index is 12.3. The highest BCUT2D eigenvalue weighted by molar-refractivity contribution is 5.93. The van der Waals surface area contributed by atoms with E-state index in [4.69, 9.17) is 4.74 Å². The summed E-state index contributed by atoms with van der Waals surface area (Å²) in [6.07, 6.45) is 0.867. The van der Waals surface area contributed by atoms with E-state index in [1.165, 1.54) is 0 Å². The van der Waals surface area contributed by atoms with Gasteiger partial charge in [0.2, 0.25) is 0 Å². The van der Waals surface area contributed by atoms with E-state index in [9.17, 15) is 4.79 Å². The molecule has 6 heteroatoms. The predicted octanol–water partition coefficient (Wildman–Crippen LogP) is 1.41. The Bertz CT molecular complexity index is 596. The second-order valence-corrected chi connectivity index (χ2v) is 4.85. The van der Waals surface area contributed by atoms with Gasteiger partial charge in [-0.3, -0.25) is 4.79 Å². The van der Waals surface area contributed by atoms with Gasteiger partial charge in [-0.2, -0.15) is 15.4 Å². The number of carbonyl (C=O) groups is 1. The summed E-state index contributed by atoms with van der Waals surface area (Å²) >= 11 is 0. The molecule has 1 fully saturated rings. The van der Waals surface area contributed by atoms with Crippen LogP contribution < -0.4 is 4.74 Å². The van der Waals surface area contributed by atoms with Crippen molar-refractivity contribution >= 4 is 5.91 Å². The maximum Gasteiger partial charge on any atom is 0.276 e. The molecule has 0 radical (unpaired) electrons. The van der Waals surface area contributed by atoms with Crippen LogP contribution in [0.5, 0.6) is 5.75 Å². The Morgan fingerprint density at radius 1 is 1.35 bits per heavy atom. The van der Waals surface area contributed by atoms with Crippen LogP contribution >= 0.6 is 0 Å². The van der Waals surface area contributed by atoms with E-state index < -0.39 is 0 Å². The molecule has 1 amide bonds. The second-order valence-electron chi connectivity index (χ2n) is 4.85. The molecule has 3 rings (SSSR count). The van der Waals surface area contributed by atoms with E-state index in [-0.39, 0.29) is 12.0 Å². The first-order valence-corrected chi connectivity index (χ1v) is 6.62. The zero-order valence-corrected chi connectivity index (χ0v) is 11.2. The van der Waals surface area contributed by atoms with Crippen LogP contribution in [0.2, 0.25) is 0 Å². The minimum atomic E-state index is -0.0876. The van der Waals surface area contributed by atoms with Crippen LogP contribution in [0, 0.1) is 6.92 Å². The van der Waals surface area contributed by atoms with Gasteiger partial charge in [0.25, 0.3) is 5.91 Å². The Morgan fingerprint density at radius 2 is 2.15 bits per heavy atom. The highest BCUT2D eigenvalue weighted by Crippen LogP contribution is 2.19. The van der Waals surface area contributed by atoms with Gasteiger partial charge in [0.15, 0.2) is 5.69 Å². The van der Waals surface area contributed by atoms with Crippen molar-refractivity contribution in [2.75, 3.05) is 13.1 Å². The van der Waals surface area contributed by atoms with Gasteiger partial charge in [-0.05, 0) is 19.1 Å². The molecule has 1 aromatic carbocycles. The quantitative estimate of drug-likeness (QED) is 0.917. The fraction of sp³-hybridized carbons (Fsp3) is 0.357. The molecule has 0 aliphatic carbocycles. The summed E-state index contributed by atoms with van der Waals surface area (Å²) in [7, 11) is 0. The number of rotatable bonds is 3. The van der Waals surface area contributed by atoms with Crippen molar-refractivity contribution in [1.82, 2.24) is 20.3 Å². The molecular weight excluding hydrogens is 256 g/mol. The smallest absolute Gasteiger partial charge is 0.276 e. The number of nitrogens with one attached hydrogen (secondary N) is 1. The summed E-state index contributed by atoms with van der Waals surface area (Å²) in [5, 5.41) is 10.3. The number of para-hydroxylation sites is 1. The van der Waals surface area contributed by atoms with Gasteiger partial charge >= 0.3 is 0 Å². The van der Waals surface area contributed by atoms with Crippen LogP contribution in [0.3, 0.4) is 0 Å². The Hall–Kier alpha value is -2.37. The normalized spacial score (nSPS) is 18.2. The number of ether oxygens (including phenoxy) is 1. The number of aromatic amines is 1. The molecule has 2 heterocycles. The van der Waals surface area contributed by atoms with Gasteiger partial charge in [-0.1, -0.05) is 18.2 Å². The molecule has 1 N–H and O–H groups in total. The van der Waals surface area contributed by atoms with E-state index in [0.717, 1.165) is 12.2 Å². The lowest BCUT2D eigenvalue weighted by atomic mass is 10.3. The van der Waals surface area contributed by atoms with Crippen LogP contribution in [0.25, 0.3) is 0 Å². The van der Waals surface area contributed by atoms with E-state index >= 15 is 0 Å². The van der Waals surface area contributed by atoms with Gasteiger partial charge in [-0.15, -0.1) is 0 Å². The first-order chi connectivity index (χ1) is 9.74. The lowest BCUT2D eigenvalue weighted by Gasteiger charge is -2.16. The number of carbonyl (C=O) groups excluding carboxylic acids is 1. The van der Waals surface area contributed by atoms with Gasteiger partial charge < -0.3 is 9.64 Å². The first-order valence-electron chi connectivity index (χ1n) is 6.62. The van der Waals surface area contributed by atoms with Crippen molar-refractivity contribution in [2.24, 2.45) is 0 Å². The lowest BCUT2D eigenvalue weighted by Crippen LogP contribution is -2.31. The number of benzene rings is 1. The summed E-state index contributed by atoms with van der Waals surface area (Å²) in [5.74, 6) is 0.750. The van der Waals surface area contributed by atoms with E-state index in [1.807, 2.05) is 30.3 Å². The van der Waals surface area contributed by atoms with Gasteiger partial charge in [0.05, 0.1) is 12.2 Å². The highest BCUT2D eigenvalue weighted by atomic mass is 16.5. The minimum absolute atomic E-state index is 0.0357. The van der Waals surface area contributed by atoms with E-state index in [0.29, 0.717) is 24.5 Å². The molecule has 1 saturated heterocycles. The van der Waals surface area contributed by atoms with Gasteiger partial charge in [-0.25, -0.2) is 0 Å². The molecular formula is C14H16N4O2. The average Bonchev–Trinajstić information content (AvgIpc) is 3.08. The summed E-state index contributed by atoms with van der Waals surface area (Å²) in [5.41, 5.74) is 1.02. The third kappa shape index (κ3) is 2.49. The number of nitrogens with zero attached hydrogens (tertiary/aromatic N) is 3. The molecule has 0 saturated carbocycles. The van der Waals surface area contributed by atoms with E-state index in [1.54, 1.807) is 11.8 Å².